The van der Waals surface area contributed by atoms with Crippen LogP contribution in [0.2, 0.25) is 0 Å². The highest BCUT2D eigenvalue weighted by molar-refractivity contribution is 6.34. The Morgan fingerprint density at radius 1 is 1.58 bits per heavy atom. The lowest BCUT2D eigenvalue weighted by atomic mass is 9.95. The number of hydrogen-bond donors (Lipinski definition) is 0. The van der Waals surface area contributed by atoms with Gasteiger partial charge in [-0.15, -0.1) is 0 Å². The topological polar surface area (TPSA) is 27.7 Å². The van der Waals surface area contributed by atoms with E-state index >= 15 is 0 Å². The van der Waals surface area contributed by atoms with Gasteiger partial charge in [0.05, 0.1) is 6.61 Å². The summed E-state index contributed by atoms with van der Waals surface area (Å²) in [6.07, 6.45) is 1.14. The SMILES string of the molecule is Bc1cc(F)ccc1OC(C=C)[C@H]1COC(C)(C)O1. The van der Waals surface area contributed by atoms with Gasteiger partial charge < -0.3 is 14.2 Å². The Kier molecular flexibility index (Phi) is 3.97. The highest BCUT2D eigenvalue weighted by atomic mass is 19.1. The van der Waals surface area contributed by atoms with Crippen LogP contribution in [0.25, 0.3) is 0 Å². The summed E-state index contributed by atoms with van der Waals surface area (Å²) in [5, 5.41) is 0. The van der Waals surface area contributed by atoms with Gasteiger partial charge in [0, 0.05) is 0 Å². The van der Waals surface area contributed by atoms with Crippen molar-refractivity contribution in [1.82, 2.24) is 0 Å². The number of hydrogen-bond acceptors (Lipinski definition) is 3. The Balaban J connectivity index is 2.09. The molecule has 0 N–H and O–H groups in total. The van der Waals surface area contributed by atoms with Gasteiger partial charge in [-0.2, -0.15) is 0 Å². The molecule has 1 aromatic carbocycles. The summed E-state index contributed by atoms with van der Waals surface area (Å²) in [6.45, 7) is 7.93. The second-order valence-electron chi connectivity index (χ2n) is 5.10. The Morgan fingerprint density at radius 3 is 2.84 bits per heavy atom. The van der Waals surface area contributed by atoms with E-state index < -0.39 is 5.79 Å². The van der Waals surface area contributed by atoms with E-state index in [1.165, 1.54) is 12.1 Å². The van der Waals surface area contributed by atoms with Crippen molar-refractivity contribution in [3.8, 4) is 5.75 Å². The first-order chi connectivity index (χ1) is 8.91. The quantitative estimate of drug-likeness (QED) is 0.603. The molecule has 1 aliphatic heterocycles. The van der Waals surface area contributed by atoms with E-state index in [4.69, 9.17) is 14.2 Å². The number of ether oxygens (including phenoxy) is 3. The van der Waals surface area contributed by atoms with Crippen molar-refractivity contribution in [1.29, 1.82) is 0 Å². The largest absolute Gasteiger partial charge is 0.484 e. The van der Waals surface area contributed by atoms with Crippen molar-refractivity contribution in [3.63, 3.8) is 0 Å². The smallest absolute Gasteiger partial charge is 0.163 e. The van der Waals surface area contributed by atoms with Gasteiger partial charge in [0.25, 0.3) is 0 Å². The minimum atomic E-state index is -0.604. The molecule has 0 aromatic heterocycles. The van der Waals surface area contributed by atoms with E-state index in [0.717, 1.165) is 5.46 Å². The lowest BCUT2D eigenvalue weighted by Gasteiger charge is -2.23. The Hall–Kier alpha value is -1.33. The maximum absolute atomic E-state index is 13.0. The van der Waals surface area contributed by atoms with Crippen LogP contribution in [-0.2, 0) is 9.47 Å². The molecular weight excluding hydrogens is 246 g/mol. The molecule has 2 atom stereocenters. The average Bonchev–Trinajstić information content (AvgIpc) is 2.69. The highest BCUT2D eigenvalue weighted by Gasteiger charge is 2.37. The lowest BCUT2D eigenvalue weighted by molar-refractivity contribution is -0.145. The minimum Gasteiger partial charge on any atom is -0.484 e. The van der Waals surface area contributed by atoms with Crippen molar-refractivity contribution < 1.29 is 18.6 Å². The standard InChI is InChI=1S/C14H18BFO3/c1-4-11(13-8-17-14(2,3)19-13)18-12-6-5-9(16)7-10(12)15/h4-7,11,13H,1,8,15H2,2-3H3/t11?,13-/m1/s1. The predicted octanol–water partition coefficient (Wildman–Crippen LogP) is 1.17. The van der Waals surface area contributed by atoms with Crippen LogP contribution in [-0.4, -0.2) is 32.4 Å². The molecule has 1 heterocycles. The highest BCUT2D eigenvalue weighted by Crippen LogP contribution is 2.26. The van der Waals surface area contributed by atoms with Crippen LogP contribution in [0.1, 0.15) is 13.8 Å². The Bertz CT molecular complexity index is 476. The normalized spacial score (nSPS) is 23.0. The monoisotopic (exact) mass is 264 g/mol. The molecule has 2 rings (SSSR count). The van der Waals surface area contributed by atoms with E-state index in [1.807, 2.05) is 13.8 Å². The summed E-state index contributed by atoms with van der Waals surface area (Å²) in [5.74, 6) is -0.256. The van der Waals surface area contributed by atoms with E-state index in [0.29, 0.717) is 12.4 Å². The van der Waals surface area contributed by atoms with Crippen LogP contribution in [0.4, 0.5) is 4.39 Å². The molecule has 0 bridgehead atoms. The van der Waals surface area contributed by atoms with Gasteiger partial charge in [0.1, 0.15) is 31.6 Å². The van der Waals surface area contributed by atoms with E-state index in [1.54, 1.807) is 20.0 Å². The molecule has 102 valence electrons. The molecular formula is C14H18BFO3. The van der Waals surface area contributed by atoms with Crippen molar-refractivity contribution in [2.45, 2.75) is 31.8 Å². The number of benzene rings is 1. The van der Waals surface area contributed by atoms with Crippen LogP contribution in [0.5, 0.6) is 5.75 Å². The first-order valence-electron chi connectivity index (χ1n) is 6.28. The Morgan fingerprint density at radius 2 is 2.32 bits per heavy atom. The number of halogens is 1. The van der Waals surface area contributed by atoms with Crippen LogP contribution in [0.3, 0.4) is 0 Å². The summed E-state index contributed by atoms with van der Waals surface area (Å²) >= 11 is 0. The van der Waals surface area contributed by atoms with Gasteiger partial charge >= 0.3 is 0 Å². The molecule has 19 heavy (non-hydrogen) atoms. The zero-order chi connectivity index (χ0) is 14.0. The molecule has 1 unspecified atom stereocenters. The zero-order valence-electron chi connectivity index (χ0n) is 11.5. The second kappa shape index (κ2) is 5.35. The van der Waals surface area contributed by atoms with Gasteiger partial charge in [-0.05, 0) is 43.6 Å². The van der Waals surface area contributed by atoms with Gasteiger partial charge in [-0.25, -0.2) is 4.39 Å². The predicted molar refractivity (Wildman–Crippen MR) is 74.1 cm³/mol. The van der Waals surface area contributed by atoms with Crippen molar-refractivity contribution in [3.05, 3.63) is 36.7 Å². The van der Waals surface area contributed by atoms with Crippen LogP contribution < -0.4 is 10.2 Å². The summed E-state index contributed by atoms with van der Waals surface area (Å²) in [7, 11) is 1.80. The molecule has 0 saturated carbocycles. The van der Waals surface area contributed by atoms with Crippen LogP contribution in [0, 0.1) is 5.82 Å². The van der Waals surface area contributed by atoms with Crippen molar-refractivity contribution in [2.75, 3.05) is 6.61 Å². The fourth-order valence-corrected chi connectivity index (χ4v) is 2.04. The molecule has 0 aliphatic carbocycles. The average molecular weight is 264 g/mol. The number of rotatable bonds is 4. The summed E-state index contributed by atoms with van der Waals surface area (Å²) in [4.78, 5) is 0. The summed E-state index contributed by atoms with van der Waals surface area (Å²) in [6, 6.07) is 4.42. The molecule has 3 nitrogen and oxygen atoms in total. The van der Waals surface area contributed by atoms with Gasteiger partial charge in [0.15, 0.2) is 5.79 Å². The fraction of sp³-hybridized carbons (Fsp3) is 0.429. The lowest BCUT2D eigenvalue weighted by Crippen LogP contribution is -2.34. The third kappa shape index (κ3) is 3.36. The molecule has 1 aromatic rings. The maximum atomic E-state index is 13.0. The molecule has 0 spiro atoms. The molecule has 1 aliphatic rings. The van der Waals surface area contributed by atoms with Gasteiger partial charge in [-0.1, -0.05) is 6.58 Å². The summed E-state index contributed by atoms with van der Waals surface area (Å²) in [5.41, 5.74) is 0.741. The van der Waals surface area contributed by atoms with Gasteiger partial charge in [0.2, 0.25) is 0 Å². The first-order valence-corrected chi connectivity index (χ1v) is 6.28. The van der Waals surface area contributed by atoms with Gasteiger partial charge in [-0.3, -0.25) is 0 Å². The fourth-order valence-electron chi connectivity index (χ4n) is 2.04. The minimum absolute atomic E-state index is 0.211. The van der Waals surface area contributed by atoms with E-state index in [9.17, 15) is 4.39 Å². The van der Waals surface area contributed by atoms with E-state index in [2.05, 4.69) is 6.58 Å². The van der Waals surface area contributed by atoms with Crippen molar-refractivity contribution >= 4 is 13.3 Å². The second-order valence-corrected chi connectivity index (χ2v) is 5.10. The van der Waals surface area contributed by atoms with Crippen LogP contribution >= 0.6 is 0 Å². The van der Waals surface area contributed by atoms with Crippen molar-refractivity contribution in [2.24, 2.45) is 0 Å². The Labute approximate surface area is 113 Å². The molecule has 0 radical (unpaired) electrons. The molecule has 1 saturated heterocycles. The third-order valence-electron chi connectivity index (χ3n) is 3.03. The molecule has 0 amide bonds. The zero-order valence-corrected chi connectivity index (χ0v) is 11.5. The van der Waals surface area contributed by atoms with Crippen LogP contribution in [0.15, 0.2) is 30.9 Å². The third-order valence-corrected chi connectivity index (χ3v) is 3.03. The first kappa shape index (κ1) is 14.1. The summed E-state index contributed by atoms with van der Waals surface area (Å²) < 4.78 is 30.1. The molecule has 5 heteroatoms. The molecule has 1 fully saturated rings. The maximum Gasteiger partial charge on any atom is 0.163 e. The van der Waals surface area contributed by atoms with E-state index in [-0.39, 0.29) is 18.0 Å².